The van der Waals surface area contributed by atoms with Crippen molar-refractivity contribution >= 4 is 23.3 Å². The monoisotopic (exact) mass is 308 g/mol. The first-order chi connectivity index (χ1) is 9.91. The van der Waals surface area contributed by atoms with Gasteiger partial charge in [0.2, 0.25) is 11.6 Å². The zero-order chi connectivity index (χ0) is 15.6. The largest absolute Gasteiger partial charge is 0.478 e. The van der Waals surface area contributed by atoms with Gasteiger partial charge in [-0.1, -0.05) is 23.7 Å². The van der Waals surface area contributed by atoms with Gasteiger partial charge in [0, 0.05) is 11.8 Å². The molecule has 1 aromatic carbocycles. The van der Waals surface area contributed by atoms with Crippen LogP contribution in [0.5, 0.6) is 11.6 Å². The molecule has 0 saturated carbocycles. The SMILES string of the molecule is Cc1cccc(Oc2nccc(C(=O)O)c2Cl)c1[N+](=O)[O-]. The van der Waals surface area contributed by atoms with Gasteiger partial charge in [-0.15, -0.1) is 0 Å². The molecule has 8 heteroatoms. The van der Waals surface area contributed by atoms with Crippen molar-refractivity contribution in [1.29, 1.82) is 0 Å². The Morgan fingerprint density at radius 3 is 2.76 bits per heavy atom. The fourth-order valence-electron chi connectivity index (χ4n) is 1.71. The fraction of sp³-hybridized carbons (Fsp3) is 0.0769. The van der Waals surface area contributed by atoms with Crippen LogP contribution in [0.15, 0.2) is 30.5 Å². The summed E-state index contributed by atoms with van der Waals surface area (Å²) in [7, 11) is 0. The van der Waals surface area contributed by atoms with Gasteiger partial charge in [-0.05, 0) is 19.1 Å². The number of hydrogen-bond donors (Lipinski definition) is 1. The first-order valence-electron chi connectivity index (χ1n) is 5.71. The maximum atomic E-state index is 11.1. The van der Waals surface area contributed by atoms with Crippen molar-refractivity contribution in [2.75, 3.05) is 0 Å². The van der Waals surface area contributed by atoms with Gasteiger partial charge in [-0.2, -0.15) is 0 Å². The summed E-state index contributed by atoms with van der Waals surface area (Å²) in [4.78, 5) is 25.3. The van der Waals surface area contributed by atoms with E-state index >= 15 is 0 Å². The minimum atomic E-state index is -1.24. The van der Waals surface area contributed by atoms with Gasteiger partial charge >= 0.3 is 11.7 Å². The van der Waals surface area contributed by atoms with Crippen molar-refractivity contribution in [3.8, 4) is 11.6 Å². The molecule has 0 atom stereocenters. The van der Waals surface area contributed by atoms with Gasteiger partial charge < -0.3 is 9.84 Å². The van der Waals surface area contributed by atoms with E-state index < -0.39 is 10.9 Å². The number of para-hydroxylation sites is 1. The molecule has 108 valence electrons. The summed E-state index contributed by atoms with van der Waals surface area (Å²) in [5.74, 6) is -1.51. The normalized spacial score (nSPS) is 10.2. The molecule has 0 aliphatic carbocycles. The molecule has 0 fully saturated rings. The highest BCUT2D eigenvalue weighted by molar-refractivity contribution is 6.34. The van der Waals surface area contributed by atoms with Crippen LogP contribution in [0, 0.1) is 17.0 Å². The number of rotatable bonds is 4. The number of nitrogens with zero attached hydrogens (tertiary/aromatic N) is 2. The summed E-state index contributed by atoms with van der Waals surface area (Å²) in [5.41, 5.74) is -0.0175. The van der Waals surface area contributed by atoms with Crippen LogP contribution in [0.25, 0.3) is 0 Å². The van der Waals surface area contributed by atoms with E-state index in [2.05, 4.69) is 4.98 Å². The molecule has 0 saturated heterocycles. The minimum absolute atomic E-state index is 0.0584. The molecular weight excluding hydrogens is 300 g/mol. The number of nitro benzene ring substituents is 1. The van der Waals surface area contributed by atoms with E-state index in [0.29, 0.717) is 5.56 Å². The van der Waals surface area contributed by atoms with E-state index in [1.54, 1.807) is 19.1 Å². The summed E-state index contributed by atoms with van der Waals surface area (Å²) in [6.07, 6.45) is 1.20. The second-order valence-corrected chi connectivity index (χ2v) is 4.44. The Morgan fingerprint density at radius 2 is 2.14 bits per heavy atom. The summed E-state index contributed by atoms with van der Waals surface area (Å²) < 4.78 is 5.33. The van der Waals surface area contributed by atoms with Crippen LogP contribution in [0.2, 0.25) is 5.02 Å². The third kappa shape index (κ3) is 2.92. The number of aryl methyl sites for hydroxylation is 1. The molecule has 0 amide bonds. The molecule has 2 rings (SSSR count). The number of nitro groups is 1. The quantitative estimate of drug-likeness (QED) is 0.685. The molecule has 1 aromatic heterocycles. The highest BCUT2D eigenvalue weighted by atomic mass is 35.5. The third-order valence-corrected chi connectivity index (χ3v) is 3.04. The number of hydrogen-bond acceptors (Lipinski definition) is 5. The number of carboxylic acid groups (broad SMARTS) is 1. The summed E-state index contributed by atoms with van der Waals surface area (Å²) in [6, 6.07) is 5.74. The summed E-state index contributed by atoms with van der Waals surface area (Å²) >= 11 is 5.89. The predicted molar refractivity (Wildman–Crippen MR) is 74.1 cm³/mol. The van der Waals surface area contributed by atoms with Gasteiger partial charge in [0.15, 0.2) is 0 Å². The van der Waals surface area contributed by atoms with Crippen LogP contribution >= 0.6 is 11.6 Å². The Bertz CT molecular complexity index is 732. The van der Waals surface area contributed by atoms with Gasteiger partial charge in [-0.3, -0.25) is 10.1 Å². The van der Waals surface area contributed by atoms with Crippen LogP contribution in [0.3, 0.4) is 0 Å². The predicted octanol–water partition coefficient (Wildman–Crippen LogP) is 3.44. The molecule has 0 aliphatic heterocycles. The molecular formula is C13H9ClN2O5. The lowest BCUT2D eigenvalue weighted by molar-refractivity contribution is -0.386. The molecule has 0 aliphatic rings. The molecule has 0 unspecified atom stereocenters. The number of aromatic carboxylic acids is 1. The van der Waals surface area contributed by atoms with Crippen molar-refractivity contribution in [2.45, 2.75) is 6.92 Å². The smallest absolute Gasteiger partial charge is 0.337 e. The van der Waals surface area contributed by atoms with Crippen molar-refractivity contribution < 1.29 is 19.6 Å². The molecule has 0 spiro atoms. The molecule has 0 bridgehead atoms. The van der Waals surface area contributed by atoms with E-state index in [0.717, 1.165) is 0 Å². The van der Waals surface area contributed by atoms with Gasteiger partial charge in [0.1, 0.15) is 5.02 Å². The lowest BCUT2D eigenvalue weighted by atomic mass is 10.2. The number of carbonyl (C=O) groups is 1. The maximum Gasteiger partial charge on any atom is 0.337 e. The molecule has 0 radical (unpaired) electrons. The first kappa shape index (κ1) is 14.7. The number of halogens is 1. The van der Waals surface area contributed by atoms with E-state index in [4.69, 9.17) is 21.4 Å². The van der Waals surface area contributed by atoms with Gasteiger partial charge in [-0.25, -0.2) is 9.78 Å². The second-order valence-electron chi connectivity index (χ2n) is 4.06. The Balaban J connectivity index is 2.49. The summed E-state index contributed by atoms with van der Waals surface area (Å²) in [6.45, 7) is 1.56. The van der Waals surface area contributed by atoms with Crippen LogP contribution in [0.4, 0.5) is 5.69 Å². The van der Waals surface area contributed by atoms with E-state index in [9.17, 15) is 14.9 Å². The molecule has 21 heavy (non-hydrogen) atoms. The van der Waals surface area contributed by atoms with Crippen molar-refractivity contribution in [2.24, 2.45) is 0 Å². The Labute approximate surface area is 123 Å². The average molecular weight is 309 g/mol. The molecule has 2 aromatic rings. The molecule has 1 N–H and O–H groups in total. The summed E-state index contributed by atoms with van der Waals surface area (Å²) in [5, 5.41) is 19.8. The number of ether oxygens (including phenoxy) is 1. The number of benzene rings is 1. The Morgan fingerprint density at radius 1 is 1.43 bits per heavy atom. The van der Waals surface area contributed by atoms with E-state index in [1.807, 2.05) is 0 Å². The standard InChI is InChI=1S/C13H9ClN2O5/c1-7-3-2-4-9(11(7)16(19)20)21-12-10(14)8(13(17)18)5-6-15-12/h2-6H,1H3,(H,17,18). The zero-order valence-electron chi connectivity index (χ0n) is 10.7. The third-order valence-electron chi connectivity index (χ3n) is 2.68. The van der Waals surface area contributed by atoms with Gasteiger partial charge in [0.25, 0.3) is 0 Å². The lowest BCUT2D eigenvalue weighted by Gasteiger charge is -2.09. The average Bonchev–Trinajstić information content (AvgIpc) is 2.40. The zero-order valence-corrected chi connectivity index (χ0v) is 11.5. The number of carboxylic acids is 1. The fourth-order valence-corrected chi connectivity index (χ4v) is 1.94. The lowest BCUT2D eigenvalue weighted by Crippen LogP contribution is -2.01. The number of pyridine rings is 1. The molecule has 1 heterocycles. The van der Waals surface area contributed by atoms with Crippen molar-refractivity contribution in [3.05, 3.63) is 56.7 Å². The Kier molecular flexibility index (Phi) is 4.04. The van der Waals surface area contributed by atoms with Crippen LogP contribution < -0.4 is 4.74 Å². The first-order valence-corrected chi connectivity index (χ1v) is 6.09. The van der Waals surface area contributed by atoms with Crippen LogP contribution in [-0.4, -0.2) is 21.0 Å². The van der Waals surface area contributed by atoms with Crippen molar-refractivity contribution in [3.63, 3.8) is 0 Å². The Hall–Kier alpha value is -2.67. The maximum absolute atomic E-state index is 11.1. The van der Waals surface area contributed by atoms with E-state index in [-0.39, 0.29) is 27.9 Å². The van der Waals surface area contributed by atoms with Crippen LogP contribution in [-0.2, 0) is 0 Å². The molecule has 7 nitrogen and oxygen atoms in total. The highest BCUT2D eigenvalue weighted by Crippen LogP contribution is 2.36. The van der Waals surface area contributed by atoms with E-state index in [1.165, 1.54) is 18.3 Å². The number of aromatic nitrogens is 1. The van der Waals surface area contributed by atoms with Gasteiger partial charge in [0.05, 0.1) is 10.5 Å². The van der Waals surface area contributed by atoms with Crippen LogP contribution in [0.1, 0.15) is 15.9 Å². The van der Waals surface area contributed by atoms with Crippen molar-refractivity contribution in [1.82, 2.24) is 4.98 Å². The highest BCUT2D eigenvalue weighted by Gasteiger charge is 2.21. The topological polar surface area (TPSA) is 103 Å². The second kappa shape index (κ2) is 5.76. The minimum Gasteiger partial charge on any atom is -0.478 e.